The molecule has 3 rings (SSSR count). The standard InChI is InChI=1S/C20H28ClN3O2.ClH/c21-18-10-9-16(24-19(25)13-5-4-6-14(22)11-13)12-17(18)20(26)23-15-7-2-1-3-8-15;/h9-10,12-15H,1-8,11,22H2,(H,23,26)(H,24,25);1H. The van der Waals surface area contributed by atoms with E-state index in [-0.39, 0.29) is 42.2 Å². The van der Waals surface area contributed by atoms with E-state index < -0.39 is 0 Å². The summed E-state index contributed by atoms with van der Waals surface area (Å²) < 4.78 is 0. The summed E-state index contributed by atoms with van der Waals surface area (Å²) in [5, 5.41) is 6.40. The van der Waals surface area contributed by atoms with Gasteiger partial charge in [0.05, 0.1) is 10.6 Å². The Hall–Kier alpha value is -1.30. The molecule has 0 radical (unpaired) electrons. The van der Waals surface area contributed by atoms with Crippen molar-refractivity contribution >= 4 is 41.5 Å². The van der Waals surface area contributed by atoms with E-state index in [0.717, 1.165) is 44.9 Å². The molecule has 7 heteroatoms. The average molecular weight is 414 g/mol. The third-order valence-electron chi connectivity index (χ3n) is 5.50. The van der Waals surface area contributed by atoms with Gasteiger partial charge in [-0.3, -0.25) is 9.59 Å². The molecular weight excluding hydrogens is 385 g/mol. The number of carbonyl (C=O) groups excluding carboxylic acids is 2. The highest BCUT2D eigenvalue weighted by molar-refractivity contribution is 6.34. The molecule has 0 saturated heterocycles. The van der Waals surface area contributed by atoms with Crippen molar-refractivity contribution in [1.29, 1.82) is 0 Å². The van der Waals surface area contributed by atoms with E-state index in [1.165, 1.54) is 6.42 Å². The van der Waals surface area contributed by atoms with Gasteiger partial charge in [-0.25, -0.2) is 0 Å². The topological polar surface area (TPSA) is 84.2 Å². The third kappa shape index (κ3) is 6.09. The molecule has 5 nitrogen and oxygen atoms in total. The SMILES string of the molecule is Cl.NC1CCCC(C(=O)Nc2ccc(Cl)c(C(=O)NC3CCCCC3)c2)C1. The number of nitrogens with one attached hydrogen (secondary N) is 2. The number of nitrogens with two attached hydrogens (primary N) is 1. The van der Waals surface area contributed by atoms with Crippen molar-refractivity contribution < 1.29 is 9.59 Å². The Morgan fingerprint density at radius 2 is 1.78 bits per heavy atom. The minimum atomic E-state index is -0.169. The Labute approximate surface area is 172 Å². The zero-order valence-electron chi connectivity index (χ0n) is 15.5. The molecule has 1 aromatic carbocycles. The lowest BCUT2D eigenvalue weighted by Crippen LogP contribution is -2.36. The summed E-state index contributed by atoms with van der Waals surface area (Å²) in [5.41, 5.74) is 6.99. The molecule has 1 aromatic rings. The van der Waals surface area contributed by atoms with Gasteiger partial charge >= 0.3 is 0 Å². The monoisotopic (exact) mass is 413 g/mol. The van der Waals surface area contributed by atoms with Crippen molar-refractivity contribution in [3.63, 3.8) is 0 Å². The van der Waals surface area contributed by atoms with Crippen molar-refractivity contribution in [1.82, 2.24) is 5.32 Å². The van der Waals surface area contributed by atoms with Crippen LogP contribution in [0.25, 0.3) is 0 Å². The fraction of sp³-hybridized carbons (Fsp3) is 0.600. The fourth-order valence-electron chi connectivity index (χ4n) is 4.00. The molecule has 2 aliphatic carbocycles. The van der Waals surface area contributed by atoms with Crippen molar-refractivity contribution in [3.05, 3.63) is 28.8 Å². The van der Waals surface area contributed by atoms with Crippen LogP contribution in [-0.2, 0) is 4.79 Å². The molecule has 27 heavy (non-hydrogen) atoms. The lowest BCUT2D eigenvalue weighted by molar-refractivity contribution is -0.120. The molecule has 0 spiro atoms. The third-order valence-corrected chi connectivity index (χ3v) is 5.83. The van der Waals surface area contributed by atoms with E-state index in [1.54, 1.807) is 18.2 Å². The maximum atomic E-state index is 12.6. The minimum absolute atomic E-state index is 0. The van der Waals surface area contributed by atoms with E-state index in [0.29, 0.717) is 22.7 Å². The number of carbonyl (C=O) groups is 2. The second-order valence-electron chi connectivity index (χ2n) is 7.62. The maximum absolute atomic E-state index is 12.6. The van der Waals surface area contributed by atoms with E-state index in [9.17, 15) is 9.59 Å². The number of anilines is 1. The van der Waals surface area contributed by atoms with Gasteiger partial charge in [0.2, 0.25) is 5.91 Å². The molecule has 0 heterocycles. The first kappa shape index (κ1) is 22.0. The lowest BCUT2D eigenvalue weighted by Gasteiger charge is -2.26. The molecule has 2 unspecified atom stereocenters. The molecule has 2 amide bonds. The number of rotatable bonds is 4. The normalized spacial score (nSPS) is 23.2. The summed E-state index contributed by atoms with van der Waals surface area (Å²) in [5.74, 6) is -0.257. The lowest BCUT2D eigenvalue weighted by atomic mass is 9.85. The van der Waals surface area contributed by atoms with Crippen LogP contribution in [0, 0.1) is 5.92 Å². The summed E-state index contributed by atoms with van der Waals surface area (Å²) >= 11 is 6.22. The molecule has 2 atom stereocenters. The van der Waals surface area contributed by atoms with Gasteiger partial charge < -0.3 is 16.4 Å². The predicted octanol–water partition coefficient (Wildman–Crippen LogP) is 4.28. The van der Waals surface area contributed by atoms with Gasteiger partial charge in [0, 0.05) is 23.7 Å². The van der Waals surface area contributed by atoms with E-state index in [2.05, 4.69) is 10.6 Å². The first-order valence-corrected chi connectivity index (χ1v) is 10.1. The Morgan fingerprint density at radius 1 is 1.04 bits per heavy atom. The molecule has 4 N–H and O–H groups in total. The quantitative estimate of drug-likeness (QED) is 0.688. The van der Waals surface area contributed by atoms with Crippen LogP contribution in [0.2, 0.25) is 5.02 Å². The van der Waals surface area contributed by atoms with Gasteiger partial charge in [-0.1, -0.05) is 37.3 Å². The summed E-state index contributed by atoms with van der Waals surface area (Å²) in [4.78, 5) is 25.1. The summed E-state index contributed by atoms with van der Waals surface area (Å²) in [7, 11) is 0. The van der Waals surface area contributed by atoms with Crippen LogP contribution < -0.4 is 16.4 Å². The zero-order valence-corrected chi connectivity index (χ0v) is 17.1. The Balaban J connectivity index is 0.00000261. The number of hydrogen-bond acceptors (Lipinski definition) is 3. The summed E-state index contributed by atoms with van der Waals surface area (Å²) in [6, 6.07) is 5.39. The van der Waals surface area contributed by atoms with Gasteiger partial charge in [-0.05, 0) is 50.3 Å². The van der Waals surface area contributed by atoms with E-state index in [1.807, 2.05) is 0 Å². The van der Waals surface area contributed by atoms with Crippen molar-refractivity contribution in [2.75, 3.05) is 5.32 Å². The van der Waals surface area contributed by atoms with Gasteiger partial charge in [0.15, 0.2) is 0 Å². The van der Waals surface area contributed by atoms with Crippen LogP contribution >= 0.6 is 24.0 Å². The van der Waals surface area contributed by atoms with Gasteiger partial charge in [-0.15, -0.1) is 12.4 Å². The smallest absolute Gasteiger partial charge is 0.253 e. The molecule has 2 fully saturated rings. The van der Waals surface area contributed by atoms with Crippen LogP contribution in [0.3, 0.4) is 0 Å². The predicted molar refractivity (Wildman–Crippen MR) is 112 cm³/mol. The summed E-state index contributed by atoms with van der Waals surface area (Å²) in [6.07, 6.45) is 9.11. The molecule has 150 valence electrons. The van der Waals surface area contributed by atoms with Crippen LogP contribution in [0.1, 0.15) is 68.1 Å². The van der Waals surface area contributed by atoms with Crippen molar-refractivity contribution in [3.8, 4) is 0 Å². The summed E-state index contributed by atoms with van der Waals surface area (Å²) in [6.45, 7) is 0. The fourth-order valence-corrected chi connectivity index (χ4v) is 4.20. The van der Waals surface area contributed by atoms with Crippen LogP contribution in [0.15, 0.2) is 18.2 Å². The van der Waals surface area contributed by atoms with Crippen molar-refractivity contribution in [2.45, 2.75) is 69.9 Å². The minimum Gasteiger partial charge on any atom is -0.349 e. The van der Waals surface area contributed by atoms with Crippen molar-refractivity contribution in [2.24, 2.45) is 11.7 Å². The van der Waals surface area contributed by atoms with Gasteiger partial charge in [0.25, 0.3) is 5.91 Å². The maximum Gasteiger partial charge on any atom is 0.253 e. The first-order valence-electron chi connectivity index (χ1n) is 9.70. The Kier molecular flexibility index (Phi) is 8.39. The molecular formula is C20H29Cl2N3O2. The largest absolute Gasteiger partial charge is 0.349 e. The van der Waals surface area contributed by atoms with Gasteiger partial charge in [0.1, 0.15) is 0 Å². The molecule has 2 aliphatic rings. The van der Waals surface area contributed by atoms with E-state index >= 15 is 0 Å². The molecule has 0 aliphatic heterocycles. The average Bonchev–Trinajstić information content (AvgIpc) is 2.64. The first-order chi connectivity index (χ1) is 12.5. The Morgan fingerprint density at radius 3 is 2.48 bits per heavy atom. The number of benzene rings is 1. The number of halogens is 2. The van der Waals surface area contributed by atoms with Crippen LogP contribution in [0.4, 0.5) is 5.69 Å². The number of hydrogen-bond donors (Lipinski definition) is 3. The van der Waals surface area contributed by atoms with Crippen LogP contribution in [0.5, 0.6) is 0 Å². The highest BCUT2D eigenvalue weighted by Crippen LogP contribution is 2.26. The Bertz CT molecular complexity index is 663. The van der Waals surface area contributed by atoms with Crippen LogP contribution in [-0.4, -0.2) is 23.9 Å². The van der Waals surface area contributed by atoms with Gasteiger partial charge in [-0.2, -0.15) is 0 Å². The second-order valence-corrected chi connectivity index (χ2v) is 8.02. The highest BCUT2D eigenvalue weighted by Gasteiger charge is 2.26. The highest BCUT2D eigenvalue weighted by atomic mass is 35.5. The second kappa shape index (κ2) is 10.3. The van der Waals surface area contributed by atoms with E-state index in [4.69, 9.17) is 17.3 Å². The molecule has 0 bridgehead atoms. The molecule has 2 saturated carbocycles. The zero-order chi connectivity index (χ0) is 18.5. The molecule has 0 aromatic heterocycles. The number of amides is 2.